The molecule has 0 bridgehead atoms. The van der Waals surface area contributed by atoms with Gasteiger partial charge in [-0.25, -0.2) is 9.96 Å². The SMILES string of the molecule is O=C1[C@H]2[C@@H](ON(c3ccccc3)[C@H]2c2cccc([N+](=O)[O-])c2)C(=O)N1c1ccc(Cl)cc1. The summed E-state index contributed by atoms with van der Waals surface area (Å²) in [4.78, 5) is 44.7. The van der Waals surface area contributed by atoms with Crippen LogP contribution in [0.3, 0.4) is 0 Å². The number of halogens is 1. The standard InChI is InChI=1S/C23H16ClN3O5/c24-15-9-11-16(12-10-15)25-22(28)19-20(14-5-4-8-18(13-14)27(30)31)26(32-21(19)23(25)29)17-6-2-1-3-7-17/h1-13,19-21H/t19-,20+,21-/m1/s1. The van der Waals surface area contributed by atoms with Crippen molar-refractivity contribution >= 4 is 40.5 Å². The first kappa shape index (κ1) is 20.2. The van der Waals surface area contributed by atoms with Gasteiger partial charge in [-0.3, -0.25) is 24.5 Å². The number of nitro benzene ring substituents is 1. The molecule has 0 spiro atoms. The number of nitrogens with zero attached hydrogens (tertiary/aromatic N) is 3. The molecule has 2 amide bonds. The third-order valence-electron chi connectivity index (χ3n) is 5.63. The van der Waals surface area contributed by atoms with Crippen LogP contribution in [0.5, 0.6) is 0 Å². The van der Waals surface area contributed by atoms with Crippen LogP contribution in [0, 0.1) is 16.0 Å². The number of non-ortho nitro benzene ring substituents is 1. The zero-order valence-corrected chi connectivity index (χ0v) is 17.3. The normalized spacial score (nSPS) is 22.3. The number of hydrogen-bond acceptors (Lipinski definition) is 6. The molecule has 5 rings (SSSR count). The molecular weight excluding hydrogens is 434 g/mol. The number of benzene rings is 3. The highest BCUT2D eigenvalue weighted by atomic mass is 35.5. The summed E-state index contributed by atoms with van der Waals surface area (Å²) in [6, 6.07) is 20.7. The fourth-order valence-electron chi connectivity index (χ4n) is 4.22. The summed E-state index contributed by atoms with van der Waals surface area (Å²) in [5, 5.41) is 13.3. The maximum atomic E-state index is 13.5. The summed E-state index contributed by atoms with van der Waals surface area (Å²) >= 11 is 5.94. The van der Waals surface area contributed by atoms with Crippen LogP contribution in [0.4, 0.5) is 17.1 Å². The van der Waals surface area contributed by atoms with Crippen molar-refractivity contribution in [2.45, 2.75) is 12.1 Å². The lowest BCUT2D eigenvalue weighted by molar-refractivity contribution is -0.384. The molecule has 3 aromatic rings. The summed E-state index contributed by atoms with van der Waals surface area (Å²) < 4.78 is 0. The maximum Gasteiger partial charge on any atom is 0.269 e. The van der Waals surface area contributed by atoms with Crippen LogP contribution in [0.2, 0.25) is 5.02 Å². The molecule has 3 atom stereocenters. The highest BCUT2D eigenvalue weighted by Crippen LogP contribution is 2.48. The molecule has 2 fully saturated rings. The second kappa shape index (κ2) is 7.74. The van der Waals surface area contributed by atoms with E-state index < -0.39 is 34.8 Å². The molecule has 0 aromatic heterocycles. The van der Waals surface area contributed by atoms with Crippen LogP contribution in [0.1, 0.15) is 11.6 Å². The van der Waals surface area contributed by atoms with E-state index in [2.05, 4.69) is 0 Å². The maximum absolute atomic E-state index is 13.5. The molecule has 3 aromatic carbocycles. The van der Waals surface area contributed by atoms with Gasteiger partial charge in [0.1, 0.15) is 5.92 Å². The van der Waals surface area contributed by atoms with E-state index in [4.69, 9.17) is 16.4 Å². The van der Waals surface area contributed by atoms with Crippen molar-refractivity contribution in [2.75, 3.05) is 9.96 Å². The van der Waals surface area contributed by atoms with Gasteiger partial charge in [0.15, 0.2) is 6.10 Å². The highest BCUT2D eigenvalue weighted by molar-refractivity contribution is 6.31. The number of carbonyl (C=O) groups is 2. The van der Waals surface area contributed by atoms with Crippen molar-refractivity contribution in [2.24, 2.45) is 5.92 Å². The Hall–Kier alpha value is -3.75. The van der Waals surface area contributed by atoms with E-state index in [9.17, 15) is 19.7 Å². The molecule has 0 N–H and O–H groups in total. The van der Waals surface area contributed by atoms with E-state index in [1.165, 1.54) is 17.2 Å². The molecule has 2 saturated heterocycles. The summed E-state index contributed by atoms with van der Waals surface area (Å²) in [5.41, 5.74) is 1.43. The largest absolute Gasteiger partial charge is 0.273 e. The fourth-order valence-corrected chi connectivity index (χ4v) is 4.35. The van der Waals surface area contributed by atoms with Gasteiger partial charge in [0, 0.05) is 17.2 Å². The monoisotopic (exact) mass is 449 g/mol. The lowest BCUT2D eigenvalue weighted by atomic mass is 9.90. The molecular formula is C23H16ClN3O5. The second-order valence-electron chi connectivity index (χ2n) is 7.50. The fraction of sp³-hybridized carbons (Fsp3) is 0.130. The van der Waals surface area contributed by atoms with Gasteiger partial charge < -0.3 is 0 Å². The van der Waals surface area contributed by atoms with Crippen molar-refractivity contribution < 1.29 is 19.3 Å². The van der Waals surface area contributed by atoms with E-state index in [-0.39, 0.29) is 5.69 Å². The number of anilines is 2. The van der Waals surface area contributed by atoms with Gasteiger partial charge in [0.25, 0.3) is 11.6 Å². The molecule has 160 valence electrons. The van der Waals surface area contributed by atoms with Crippen LogP contribution < -0.4 is 9.96 Å². The van der Waals surface area contributed by atoms with Crippen molar-refractivity contribution in [3.05, 3.63) is 99.6 Å². The molecule has 2 aliphatic heterocycles. The van der Waals surface area contributed by atoms with Gasteiger partial charge in [-0.1, -0.05) is 41.9 Å². The minimum atomic E-state index is -1.05. The molecule has 2 heterocycles. The summed E-state index contributed by atoms with van der Waals surface area (Å²) in [7, 11) is 0. The third-order valence-corrected chi connectivity index (χ3v) is 5.89. The quantitative estimate of drug-likeness (QED) is 0.335. The van der Waals surface area contributed by atoms with Crippen molar-refractivity contribution in [3.8, 4) is 0 Å². The summed E-state index contributed by atoms with van der Waals surface area (Å²) in [6.07, 6.45) is -1.05. The van der Waals surface area contributed by atoms with Crippen molar-refractivity contribution in [1.82, 2.24) is 0 Å². The molecule has 0 saturated carbocycles. The predicted molar refractivity (Wildman–Crippen MR) is 117 cm³/mol. The van der Waals surface area contributed by atoms with Gasteiger partial charge in [-0.05, 0) is 42.0 Å². The summed E-state index contributed by atoms with van der Waals surface area (Å²) in [5.74, 6) is -1.80. The molecule has 0 radical (unpaired) electrons. The van der Waals surface area contributed by atoms with Crippen LogP contribution >= 0.6 is 11.6 Å². The predicted octanol–water partition coefficient (Wildman–Crippen LogP) is 4.30. The first-order valence-corrected chi connectivity index (χ1v) is 10.2. The van der Waals surface area contributed by atoms with Crippen molar-refractivity contribution in [3.63, 3.8) is 0 Å². The smallest absolute Gasteiger partial charge is 0.269 e. The van der Waals surface area contributed by atoms with Gasteiger partial charge in [0.05, 0.1) is 22.3 Å². The third kappa shape index (κ3) is 3.21. The number of rotatable bonds is 4. The average molecular weight is 450 g/mol. The Morgan fingerprint density at radius 1 is 0.875 bits per heavy atom. The average Bonchev–Trinajstić information content (AvgIpc) is 3.31. The van der Waals surface area contributed by atoms with E-state index in [1.54, 1.807) is 60.7 Å². The second-order valence-corrected chi connectivity index (χ2v) is 7.93. The zero-order valence-electron chi connectivity index (χ0n) is 16.5. The van der Waals surface area contributed by atoms with E-state index in [0.717, 1.165) is 4.90 Å². The van der Waals surface area contributed by atoms with Crippen LogP contribution in [-0.2, 0) is 14.4 Å². The number of para-hydroxylation sites is 1. The van der Waals surface area contributed by atoms with Crippen LogP contribution in [0.15, 0.2) is 78.9 Å². The molecule has 0 aliphatic carbocycles. The Kier molecular flexibility index (Phi) is 4.88. The van der Waals surface area contributed by atoms with E-state index in [0.29, 0.717) is 22.0 Å². The molecule has 8 nitrogen and oxygen atoms in total. The number of nitro groups is 1. The highest BCUT2D eigenvalue weighted by Gasteiger charge is 2.60. The number of hydroxylamine groups is 1. The number of hydrogen-bond donors (Lipinski definition) is 0. The van der Waals surface area contributed by atoms with Gasteiger partial charge in [-0.2, -0.15) is 0 Å². The van der Waals surface area contributed by atoms with Gasteiger partial charge in [0.2, 0.25) is 5.91 Å². The lowest BCUT2D eigenvalue weighted by Gasteiger charge is -2.28. The van der Waals surface area contributed by atoms with Gasteiger partial charge >= 0.3 is 0 Å². The number of imide groups is 1. The number of amides is 2. The molecule has 2 aliphatic rings. The lowest BCUT2D eigenvalue weighted by Crippen LogP contribution is -2.37. The topological polar surface area (TPSA) is 93.0 Å². The van der Waals surface area contributed by atoms with E-state index >= 15 is 0 Å². The minimum absolute atomic E-state index is 0.106. The Bertz CT molecular complexity index is 1220. The Labute approximate surface area is 187 Å². The Balaban J connectivity index is 1.60. The molecule has 9 heteroatoms. The van der Waals surface area contributed by atoms with Crippen LogP contribution in [-0.4, -0.2) is 22.8 Å². The zero-order chi connectivity index (χ0) is 22.4. The van der Waals surface area contributed by atoms with Gasteiger partial charge in [-0.15, -0.1) is 0 Å². The Morgan fingerprint density at radius 3 is 2.28 bits per heavy atom. The first-order chi connectivity index (χ1) is 15.5. The summed E-state index contributed by atoms with van der Waals surface area (Å²) in [6.45, 7) is 0. The van der Waals surface area contributed by atoms with E-state index in [1.807, 2.05) is 6.07 Å². The van der Waals surface area contributed by atoms with Crippen LogP contribution in [0.25, 0.3) is 0 Å². The molecule has 0 unspecified atom stereocenters. The number of fused-ring (bicyclic) bond motifs is 1. The Morgan fingerprint density at radius 2 is 1.59 bits per heavy atom. The number of carbonyl (C=O) groups excluding carboxylic acids is 2. The van der Waals surface area contributed by atoms with Crippen molar-refractivity contribution in [1.29, 1.82) is 0 Å². The first-order valence-electron chi connectivity index (χ1n) is 9.84. The molecule has 32 heavy (non-hydrogen) atoms. The minimum Gasteiger partial charge on any atom is -0.273 e.